The molecule has 1 fully saturated rings. The van der Waals surface area contributed by atoms with Gasteiger partial charge in [-0.25, -0.2) is 8.42 Å². The van der Waals surface area contributed by atoms with Crippen molar-refractivity contribution in [2.24, 2.45) is 0 Å². The average molecular weight is 488 g/mol. The van der Waals surface area contributed by atoms with Crippen LogP contribution in [0.4, 0.5) is 0 Å². The van der Waals surface area contributed by atoms with E-state index in [1.54, 1.807) is 24.3 Å². The highest BCUT2D eigenvalue weighted by molar-refractivity contribution is 7.89. The van der Waals surface area contributed by atoms with E-state index in [-0.39, 0.29) is 16.8 Å². The van der Waals surface area contributed by atoms with Gasteiger partial charge in [0.05, 0.1) is 11.4 Å². The normalized spacial score (nSPS) is 18.3. The molecule has 2 aliphatic heterocycles. The smallest absolute Gasteiger partial charge is 0.243 e. The predicted octanol–water partition coefficient (Wildman–Crippen LogP) is 2.94. The lowest BCUT2D eigenvalue weighted by molar-refractivity contribution is -0.122. The van der Waals surface area contributed by atoms with Crippen molar-refractivity contribution >= 4 is 15.9 Å². The van der Waals surface area contributed by atoms with E-state index < -0.39 is 10.0 Å². The fourth-order valence-corrected chi connectivity index (χ4v) is 6.05. The number of ether oxygens (including phenoxy) is 2. The first kappa shape index (κ1) is 24.5. The van der Waals surface area contributed by atoms with Gasteiger partial charge in [-0.3, -0.25) is 9.69 Å². The molecule has 0 spiro atoms. The van der Waals surface area contributed by atoms with Crippen molar-refractivity contribution in [3.05, 3.63) is 53.6 Å². The Kier molecular flexibility index (Phi) is 7.75. The molecule has 1 saturated heterocycles. The van der Waals surface area contributed by atoms with Crippen LogP contribution in [0.25, 0.3) is 0 Å². The van der Waals surface area contributed by atoms with Crippen LogP contribution in [0.3, 0.4) is 0 Å². The Bertz CT molecular complexity index is 1100. The molecule has 0 aliphatic carbocycles. The van der Waals surface area contributed by atoms with E-state index in [9.17, 15) is 13.2 Å². The first-order valence-electron chi connectivity index (χ1n) is 11.9. The van der Waals surface area contributed by atoms with Gasteiger partial charge in [0.15, 0.2) is 11.5 Å². The zero-order valence-electron chi connectivity index (χ0n) is 19.8. The number of hydrogen-bond acceptors (Lipinski definition) is 6. The van der Waals surface area contributed by atoms with Gasteiger partial charge in [-0.05, 0) is 54.8 Å². The number of nitrogens with one attached hydrogen (secondary N) is 1. The molecule has 4 rings (SSSR count). The van der Waals surface area contributed by atoms with E-state index in [4.69, 9.17) is 9.47 Å². The van der Waals surface area contributed by atoms with Gasteiger partial charge in [0.2, 0.25) is 15.9 Å². The number of carbonyl (C=O) groups is 1. The Balaban J connectivity index is 1.33. The summed E-state index contributed by atoms with van der Waals surface area (Å²) < 4.78 is 38.0. The van der Waals surface area contributed by atoms with Crippen LogP contribution in [0.15, 0.2) is 47.4 Å². The monoisotopic (exact) mass is 487 g/mol. The second-order valence-corrected chi connectivity index (χ2v) is 10.5. The van der Waals surface area contributed by atoms with Crippen molar-refractivity contribution < 1.29 is 22.7 Å². The summed E-state index contributed by atoms with van der Waals surface area (Å²) in [6.45, 7) is 7.16. The van der Waals surface area contributed by atoms with Gasteiger partial charge >= 0.3 is 0 Å². The minimum atomic E-state index is -3.48. The summed E-state index contributed by atoms with van der Waals surface area (Å²) in [5.41, 5.74) is 2.00. The third-order valence-electron chi connectivity index (χ3n) is 6.42. The van der Waals surface area contributed by atoms with Crippen molar-refractivity contribution in [1.82, 2.24) is 14.5 Å². The molecule has 0 saturated carbocycles. The van der Waals surface area contributed by atoms with Gasteiger partial charge in [-0.15, -0.1) is 0 Å². The molecule has 184 valence electrons. The van der Waals surface area contributed by atoms with Crippen molar-refractivity contribution in [1.29, 1.82) is 0 Å². The Morgan fingerprint density at radius 2 is 1.76 bits per heavy atom. The highest BCUT2D eigenvalue weighted by atomic mass is 32.2. The Labute approximate surface area is 201 Å². The van der Waals surface area contributed by atoms with Crippen molar-refractivity contribution in [2.45, 2.75) is 44.2 Å². The third-order valence-corrected chi connectivity index (χ3v) is 8.48. The number of benzene rings is 2. The van der Waals surface area contributed by atoms with Crippen molar-refractivity contribution in [3.8, 4) is 11.5 Å². The summed E-state index contributed by atoms with van der Waals surface area (Å²) in [5, 5.41) is 2.97. The Morgan fingerprint density at radius 3 is 2.47 bits per heavy atom. The van der Waals surface area contributed by atoms with Crippen LogP contribution in [-0.2, 0) is 21.4 Å². The first-order valence-corrected chi connectivity index (χ1v) is 13.4. The Morgan fingerprint density at radius 1 is 1.06 bits per heavy atom. The summed E-state index contributed by atoms with van der Waals surface area (Å²) in [6.07, 6.45) is 2.03. The molecule has 2 heterocycles. The summed E-state index contributed by atoms with van der Waals surface area (Å²) in [5.74, 6) is 1.49. The maximum atomic E-state index is 12.7. The number of carbonyl (C=O) groups excluding carboxylic acids is 1. The largest absolute Gasteiger partial charge is 0.486 e. The van der Waals surface area contributed by atoms with E-state index >= 15 is 0 Å². The second kappa shape index (κ2) is 10.8. The topological polar surface area (TPSA) is 88.2 Å². The van der Waals surface area contributed by atoms with Crippen molar-refractivity contribution in [2.75, 3.05) is 39.4 Å². The predicted molar refractivity (Wildman–Crippen MR) is 129 cm³/mol. The fraction of sp³-hybridized carbons (Fsp3) is 0.480. The number of hydrogen-bond donors (Lipinski definition) is 1. The van der Waals surface area contributed by atoms with Gasteiger partial charge < -0.3 is 14.8 Å². The van der Waals surface area contributed by atoms with Crippen LogP contribution in [0.2, 0.25) is 0 Å². The zero-order valence-corrected chi connectivity index (χ0v) is 20.6. The number of rotatable bonds is 9. The number of amides is 1. The number of fused-ring (bicyclic) bond motifs is 1. The SMILES string of the molecule is CCN(CC)S(=O)(=O)c1ccc(CNC(=O)CN2CCCC2c2ccc3c(c2)OCCO3)cc1. The van der Waals surface area contributed by atoms with E-state index in [2.05, 4.69) is 16.3 Å². The van der Waals surface area contributed by atoms with Gasteiger partial charge in [0.25, 0.3) is 0 Å². The van der Waals surface area contributed by atoms with Gasteiger partial charge in [-0.2, -0.15) is 4.31 Å². The molecular weight excluding hydrogens is 454 g/mol. The number of nitrogens with zero attached hydrogens (tertiary/aromatic N) is 2. The molecule has 0 aromatic heterocycles. The highest BCUT2D eigenvalue weighted by Gasteiger charge is 2.29. The molecule has 34 heavy (non-hydrogen) atoms. The van der Waals surface area contributed by atoms with Gasteiger partial charge in [0, 0.05) is 25.7 Å². The highest BCUT2D eigenvalue weighted by Crippen LogP contribution is 2.37. The molecule has 9 heteroatoms. The zero-order chi connectivity index (χ0) is 24.1. The lowest BCUT2D eigenvalue weighted by Gasteiger charge is -2.26. The van der Waals surface area contributed by atoms with Crippen LogP contribution >= 0.6 is 0 Å². The minimum absolute atomic E-state index is 0.0516. The van der Waals surface area contributed by atoms with E-state index in [0.29, 0.717) is 39.4 Å². The standard InChI is InChI=1S/C25H33N3O5S/c1-3-28(4-2)34(30,31)21-10-7-19(8-11-21)17-26-25(29)18-27-13-5-6-22(27)20-9-12-23-24(16-20)33-15-14-32-23/h7-12,16,22H,3-6,13-15,17-18H2,1-2H3,(H,26,29). The molecular formula is C25H33N3O5S. The molecule has 1 unspecified atom stereocenters. The van der Waals surface area contributed by atoms with Gasteiger partial charge in [-0.1, -0.05) is 32.0 Å². The van der Waals surface area contributed by atoms with Crippen LogP contribution in [0.5, 0.6) is 11.5 Å². The third kappa shape index (κ3) is 5.37. The summed E-state index contributed by atoms with van der Waals surface area (Å²) in [7, 11) is -3.48. The minimum Gasteiger partial charge on any atom is -0.486 e. The van der Waals surface area contributed by atoms with E-state index in [1.807, 2.05) is 26.0 Å². The molecule has 1 amide bonds. The number of sulfonamides is 1. The molecule has 1 N–H and O–H groups in total. The van der Waals surface area contributed by atoms with Gasteiger partial charge in [0.1, 0.15) is 13.2 Å². The lowest BCUT2D eigenvalue weighted by Crippen LogP contribution is -2.36. The maximum Gasteiger partial charge on any atom is 0.243 e. The molecule has 0 radical (unpaired) electrons. The molecule has 2 aromatic carbocycles. The quantitative estimate of drug-likeness (QED) is 0.585. The summed E-state index contributed by atoms with van der Waals surface area (Å²) in [6, 6.07) is 12.9. The summed E-state index contributed by atoms with van der Waals surface area (Å²) in [4.78, 5) is 15.1. The lowest BCUT2D eigenvalue weighted by atomic mass is 10.0. The average Bonchev–Trinajstić information content (AvgIpc) is 3.31. The maximum absolute atomic E-state index is 12.7. The molecule has 2 aliphatic rings. The fourth-order valence-electron chi connectivity index (χ4n) is 4.59. The van der Waals surface area contributed by atoms with E-state index in [1.165, 1.54) is 4.31 Å². The van der Waals surface area contributed by atoms with E-state index in [0.717, 1.165) is 42.0 Å². The molecule has 0 bridgehead atoms. The molecule has 2 aromatic rings. The molecule has 1 atom stereocenters. The van der Waals surface area contributed by atoms with Crippen LogP contribution in [0, 0.1) is 0 Å². The molecule has 8 nitrogen and oxygen atoms in total. The Hall–Kier alpha value is -2.62. The van der Waals surface area contributed by atoms with Crippen LogP contribution in [0.1, 0.15) is 43.9 Å². The van der Waals surface area contributed by atoms with Crippen molar-refractivity contribution in [3.63, 3.8) is 0 Å². The number of likely N-dealkylation sites (tertiary alicyclic amines) is 1. The van der Waals surface area contributed by atoms with Crippen LogP contribution < -0.4 is 14.8 Å². The van der Waals surface area contributed by atoms with Crippen LogP contribution in [-0.4, -0.2) is 62.9 Å². The second-order valence-electron chi connectivity index (χ2n) is 8.54. The first-order chi connectivity index (χ1) is 16.4. The summed E-state index contributed by atoms with van der Waals surface area (Å²) >= 11 is 0.